The lowest BCUT2D eigenvalue weighted by Crippen LogP contribution is -2.24. The summed E-state index contributed by atoms with van der Waals surface area (Å²) in [5.74, 6) is 0.651. The van der Waals surface area contributed by atoms with Crippen LogP contribution < -0.4 is 5.32 Å². The second-order valence-electron chi connectivity index (χ2n) is 5.27. The molecule has 0 aliphatic carbocycles. The summed E-state index contributed by atoms with van der Waals surface area (Å²) >= 11 is 1.52. The molecule has 128 valence electrons. The molecule has 0 spiro atoms. The van der Waals surface area contributed by atoms with Crippen molar-refractivity contribution in [3.05, 3.63) is 70.8 Å². The van der Waals surface area contributed by atoms with Gasteiger partial charge in [-0.1, -0.05) is 24.3 Å². The van der Waals surface area contributed by atoms with Crippen LogP contribution in [0.25, 0.3) is 0 Å². The van der Waals surface area contributed by atoms with E-state index < -0.39 is 0 Å². The molecule has 2 aromatic rings. The van der Waals surface area contributed by atoms with Crippen LogP contribution in [-0.2, 0) is 21.8 Å². The van der Waals surface area contributed by atoms with E-state index in [0.29, 0.717) is 29.2 Å². The molecular formula is C19H18N2O3S. The van der Waals surface area contributed by atoms with Gasteiger partial charge in [-0.3, -0.25) is 4.79 Å². The molecule has 2 aromatic carbocycles. The van der Waals surface area contributed by atoms with Gasteiger partial charge in [0.25, 0.3) is 0 Å². The number of carbonyl (C=O) groups excluding carboxylic acids is 2. The van der Waals surface area contributed by atoms with Gasteiger partial charge >= 0.3 is 5.97 Å². The Balaban J connectivity index is 1.71. The molecule has 0 saturated carbocycles. The maximum atomic E-state index is 11.9. The van der Waals surface area contributed by atoms with Crippen LogP contribution in [0.2, 0.25) is 0 Å². The number of ether oxygens (including phenoxy) is 1. The van der Waals surface area contributed by atoms with Gasteiger partial charge in [-0.25, -0.2) is 4.79 Å². The number of benzene rings is 2. The minimum Gasteiger partial charge on any atom is -0.465 e. The van der Waals surface area contributed by atoms with E-state index in [0.717, 1.165) is 11.1 Å². The molecule has 1 N–H and O–H groups in total. The van der Waals surface area contributed by atoms with Crippen LogP contribution in [0, 0.1) is 11.3 Å². The summed E-state index contributed by atoms with van der Waals surface area (Å²) in [7, 11) is 1.34. The molecule has 6 heteroatoms. The molecule has 0 aliphatic rings. The molecular weight excluding hydrogens is 336 g/mol. The number of hydrogen-bond acceptors (Lipinski definition) is 5. The highest BCUT2D eigenvalue weighted by atomic mass is 32.2. The number of amides is 1. The highest BCUT2D eigenvalue weighted by molar-refractivity contribution is 7.99. The van der Waals surface area contributed by atoms with Gasteiger partial charge in [-0.2, -0.15) is 5.26 Å². The zero-order valence-corrected chi connectivity index (χ0v) is 14.6. The minimum atomic E-state index is -0.380. The Morgan fingerprint density at radius 1 is 1.08 bits per heavy atom. The SMILES string of the molecule is COC(=O)c1ccc(CNC(=O)CSCc2ccc(C#N)cc2)cc1. The second kappa shape index (κ2) is 9.50. The average Bonchev–Trinajstić information content (AvgIpc) is 2.66. The molecule has 0 aromatic heterocycles. The fourth-order valence-electron chi connectivity index (χ4n) is 2.07. The van der Waals surface area contributed by atoms with Crippen LogP contribution in [0.4, 0.5) is 0 Å². The molecule has 25 heavy (non-hydrogen) atoms. The Morgan fingerprint density at radius 3 is 2.32 bits per heavy atom. The molecule has 0 bridgehead atoms. The number of carbonyl (C=O) groups is 2. The Hall–Kier alpha value is -2.78. The van der Waals surface area contributed by atoms with Gasteiger partial charge in [0.2, 0.25) is 5.91 Å². The van der Waals surface area contributed by atoms with E-state index in [1.807, 2.05) is 12.1 Å². The number of nitriles is 1. The normalized spacial score (nSPS) is 9.92. The third kappa shape index (κ3) is 5.98. The largest absolute Gasteiger partial charge is 0.465 e. The summed E-state index contributed by atoms with van der Waals surface area (Å²) in [4.78, 5) is 23.2. The number of nitrogens with zero attached hydrogens (tertiary/aromatic N) is 1. The van der Waals surface area contributed by atoms with Crippen molar-refractivity contribution < 1.29 is 14.3 Å². The van der Waals surface area contributed by atoms with E-state index in [9.17, 15) is 9.59 Å². The lowest BCUT2D eigenvalue weighted by atomic mass is 10.1. The molecule has 1 amide bonds. The van der Waals surface area contributed by atoms with Crippen LogP contribution in [-0.4, -0.2) is 24.7 Å². The highest BCUT2D eigenvalue weighted by Gasteiger charge is 2.06. The Morgan fingerprint density at radius 2 is 1.72 bits per heavy atom. The molecule has 2 rings (SSSR count). The fraction of sp³-hybridized carbons (Fsp3) is 0.211. The van der Waals surface area contributed by atoms with E-state index >= 15 is 0 Å². The van der Waals surface area contributed by atoms with Crippen molar-refractivity contribution in [3.63, 3.8) is 0 Å². The minimum absolute atomic E-state index is 0.0457. The van der Waals surface area contributed by atoms with E-state index in [1.165, 1.54) is 18.9 Å². The van der Waals surface area contributed by atoms with Crippen molar-refractivity contribution >= 4 is 23.6 Å². The predicted octanol–water partition coefficient (Wildman–Crippen LogP) is 2.89. The first-order valence-electron chi connectivity index (χ1n) is 7.63. The van der Waals surface area contributed by atoms with E-state index in [4.69, 9.17) is 5.26 Å². The maximum absolute atomic E-state index is 11.9. The first-order valence-corrected chi connectivity index (χ1v) is 8.78. The quantitative estimate of drug-likeness (QED) is 0.774. The smallest absolute Gasteiger partial charge is 0.337 e. The van der Waals surface area contributed by atoms with Crippen LogP contribution in [0.5, 0.6) is 0 Å². The van der Waals surface area contributed by atoms with Crippen molar-refractivity contribution in [1.82, 2.24) is 5.32 Å². The number of esters is 1. The second-order valence-corrected chi connectivity index (χ2v) is 6.25. The van der Waals surface area contributed by atoms with E-state index in [1.54, 1.807) is 36.4 Å². The first kappa shape index (κ1) is 18.6. The third-order valence-electron chi connectivity index (χ3n) is 3.45. The molecule has 0 heterocycles. The van der Waals surface area contributed by atoms with E-state index in [-0.39, 0.29) is 11.9 Å². The Kier molecular flexibility index (Phi) is 7.05. The summed E-state index contributed by atoms with van der Waals surface area (Å²) in [6.45, 7) is 0.414. The van der Waals surface area contributed by atoms with Gasteiger partial charge in [-0.15, -0.1) is 11.8 Å². The molecule has 0 fully saturated rings. The number of methoxy groups -OCH3 is 1. The molecule has 0 aliphatic heterocycles. The number of rotatable bonds is 7. The van der Waals surface area contributed by atoms with Gasteiger partial charge in [0.05, 0.1) is 30.1 Å². The molecule has 5 nitrogen and oxygen atoms in total. The first-order chi connectivity index (χ1) is 12.1. The standard InChI is InChI=1S/C19H18N2O3S/c1-24-19(23)17-8-6-15(7-9-17)11-21-18(22)13-25-12-16-4-2-14(10-20)3-5-16/h2-9H,11-13H2,1H3,(H,21,22). The van der Waals surface area contributed by atoms with Gasteiger partial charge in [-0.05, 0) is 35.4 Å². The van der Waals surface area contributed by atoms with Crippen LogP contribution >= 0.6 is 11.8 Å². The molecule has 0 radical (unpaired) electrons. The highest BCUT2D eigenvalue weighted by Crippen LogP contribution is 2.13. The monoisotopic (exact) mass is 354 g/mol. The number of nitrogens with one attached hydrogen (secondary N) is 1. The lowest BCUT2D eigenvalue weighted by molar-refractivity contribution is -0.118. The summed E-state index contributed by atoms with van der Waals surface area (Å²) in [5.41, 5.74) is 3.11. The van der Waals surface area contributed by atoms with Crippen molar-refractivity contribution in [3.8, 4) is 6.07 Å². The van der Waals surface area contributed by atoms with Crippen molar-refractivity contribution in [2.45, 2.75) is 12.3 Å². The fourth-order valence-corrected chi connectivity index (χ4v) is 2.88. The van der Waals surface area contributed by atoms with Crippen LogP contribution in [0.3, 0.4) is 0 Å². The van der Waals surface area contributed by atoms with Crippen molar-refractivity contribution in [2.24, 2.45) is 0 Å². The number of hydrogen-bond donors (Lipinski definition) is 1. The van der Waals surface area contributed by atoms with Gasteiger partial charge in [0.1, 0.15) is 0 Å². The lowest BCUT2D eigenvalue weighted by Gasteiger charge is -2.06. The summed E-state index contributed by atoms with van der Waals surface area (Å²) < 4.78 is 4.64. The Bertz CT molecular complexity index is 765. The summed E-state index contributed by atoms with van der Waals surface area (Å²) in [6.07, 6.45) is 0. The zero-order valence-electron chi connectivity index (χ0n) is 13.8. The molecule has 0 saturated heterocycles. The number of thioether (sulfide) groups is 1. The molecule has 0 atom stereocenters. The topological polar surface area (TPSA) is 79.2 Å². The van der Waals surface area contributed by atoms with Crippen molar-refractivity contribution in [2.75, 3.05) is 12.9 Å². The Labute approximate surface area is 151 Å². The summed E-state index contributed by atoms with van der Waals surface area (Å²) in [5, 5.41) is 11.6. The molecule has 0 unspecified atom stereocenters. The van der Waals surface area contributed by atoms with E-state index in [2.05, 4.69) is 16.1 Å². The van der Waals surface area contributed by atoms with Gasteiger partial charge in [0.15, 0.2) is 0 Å². The van der Waals surface area contributed by atoms with Crippen LogP contribution in [0.1, 0.15) is 27.0 Å². The third-order valence-corrected chi connectivity index (χ3v) is 4.45. The van der Waals surface area contributed by atoms with Gasteiger partial charge < -0.3 is 10.1 Å². The maximum Gasteiger partial charge on any atom is 0.337 e. The van der Waals surface area contributed by atoms with Crippen molar-refractivity contribution in [1.29, 1.82) is 5.26 Å². The van der Waals surface area contributed by atoms with Crippen LogP contribution in [0.15, 0.2) is 48.5 Å². The predicted molar refractivity (Wildman–Crippen MR) is 96.9 cm³/mol. The zero-order chi connectivity index (χ0) is 18.1. The van der Waals surface area contributed by atoms with Gasteiger partial charge in [0, 0.05) is 12.3 Å². The average molecular weight is 354 g/mol. The summed E-state index contributed by atoms with van der Waals surface area (Å²) in [6, 6.07) is 16.3.